The lowest BCUT2D eigenvalue weighted by Crippen LogP contribution is -2.18. The molecule has 2 heteroatoms. The molecule has 1 unspecified atom stereocenters. The maximum absolute atomic E-state index is 12.0. The van der Waals surface area contributed by atoms with E-state index in [0.717, 1.165) is 19.3 Å². The highest BCUT2D eigenvalue weighted by Gasteiger charge is 2.13. The van der Waals surface area contributed by atoms with E-state index in [2.05, 4.69) is 6.92 Å². The predicted molar refractivity (Wildman–Crippen MR) is 94.0 cm³/mol. The van der Waals surface area contributed by atoms with Crippen molar-refractivity contribution < 1.29 is 9.53 Å². The molecule has 2 nitrogen and oxygen atoms in total. The summed E-state index contributed by atoms with van der Waals surface area (Å²) in [5.41, 5.74) is 0. The third-order valence-corrected chi connectivity index (χ3v) is 4.83. The molecule has 0 aliphatic carbocycles. The molecule has 0 N–H and O–H groups in total. The summed E-state index contributed by atoms with van der Waals surface area (Å²) in [6, 6.07) is 0. The highest BCUT2D eigenvalue weighted by Crippen LogP contribution is 2.18. The maximum Gasteiger partial charge on any atom is 0.306 e. The minimum absolute atomic E-state index is 0.0467. The Morgan fingerprint density at radius 3 is 1.86 bits per heavy atom. The number of hydrogen-bond donors (Lipinski definition) is 0. The number of esters is 1. The van der Waals surface area contributed by atoms with Crippen molar-refractivity contribution in [2.24, 2.45) is 0 Å². The molecule has 130 valence electrons. The first kappa shape index (κ1) is 19.5. The average Bonchev–Trinajstić information content (AvgIpc) is 2.52. The third-order valence-electron chi connectivity index (χ3n) is 4.83. The van der Waals surface area contributed by atoms with Crippen LogP contribution in [-0.4, -0.2) is 12.1 Å². The summed E-state index contributed by atoms with van der Waals surface area (Å²) in [7, 11) is 0. The van der Waals surface area contributed by atoms with E-state index < -0.39 is 0 Å². The highest BCUT2D eigenvalue weighted by atomic mass is 16.5. The molecule has 1 rings (SSSR count). The monoisotopic (exact) mass is 310 g/mol. The van der Waals surface area contributed by atoms with E-state index >= 15 is 0 Å². The molecule has 1 atom stereocenters. The summed E-state index contributed by atoms with van der Waals surface area (Å²) in [6.45, 7) is 2.21. The standard InChI is InChI=1S/C20H38O2/c1-2-3-16-19-17-14-12-10-8-6-4-5-7-9-11-13-15-18-20(21)22-19/h19H,2-18H2,1H3. The number of ether oxygens (including phenoxy) is 1. The van der Waals surface area contributed by atoms with Crippen molar-refractivity contribution in [2.75, 3.05) is 0 Å². The van der Waals surface area contributed by atoms with E-state index in [1.54, 1.807) is 0 Å². The lowest BCUT2D eigenvalue weighted by Gasteiger charge is -2.18. The Labute approximate surface area is 138 Å². The summed E-state index contributed by atoms with van der Waals surface area (Å²) >= 11 is 0. The summed E-state index contributed by atoms with van der Waals surface area (Å²) in [5.74, 6) is 0.0467. The molecule has 1 saturated heterocycles. The number of hydrogen-bond acceptors (Lipinski definition) is 2. The SMILES string of the molecule is CCCCC1CCCCCCCCCCCCCCC(=O)O1. The van der Waals surface area contributed by atoms with Gasteiger partial charge in [-0.2, -0.15) is 0 Å². The first-order chi connectivity index (χ1) is 10.8. The van der Waals surface area contributed by atoms with Gasteiger partial charge in [-0.05, 0) is 25.7 Å². The third kappa shape index (κ3) is 11.1. The molecule has 0 saturated carbocycles. The molecular formula is C20H38O2. The van der Waals surface area contributed by atoms with Gasteiger partial charge in [0, 0.05) is 6.42 Å². The smallest absolute Gasteiger partial charge is 0.306 e. The second kappa shape index (κ2) is 14.1. The van der Waals surface area contributed by atoms with Crippen LogP contribution >= 0.6 is 0 Å². The fourth-order valence-electron chi connectivity index (χ4n) is 3.35. The Hall–Kier alpha value is -0.530. The molecule has 1 heterocycles. The van der Waals surface area contributed by atoms with Crippen LogP contribution < -0.4 is 0 Å². The van der Waals surface area contributed by atoms with Gasteiger partial charge in [0.1, 0.15) is 6.10 Å². The van der Waals surface area contributed by atoms with Crippen molar-refractivity contribution in [3.63, 3.8) is 0 Å². The molecule has 0 amide bonds. The van der Waals surface area contributed by atoms with E-state index in [1.165, 1.54) is 83.5 Å². The van der Waals surface area contributed by atoms with Gasteiger partial charge < -0.3 is 4.74 Å². The van der Waals surface area contributed by atoms with Gasteiger partial charge in [0.25, 0.3) is 0 Å². The van der Waals surface area contributed by atoms with Crippen LogP contribution in [0.5, 0.6) is 0 Å². The molecule has 0 aromatic rings. The van der Waals surface area contributed by atoms with E-state index in [1.807, 2.05) is 0 Å². The highest BCUT2D eigenvalue weighted by molar-refractivity contribution is 5.69. The molecule has 1 aliphatic rings. The maximum atomic E-state index is 12.0. The van der Waals surface area contributed by atoms with Crippen LogP contribution in [0.4, 0.5) is 0 Å². The first-order valence-corrected chi connectivity index (χ1v) is 10.0. The predicted octanol–water partition coefficient (Wildman–Crippen LogP) is 6.56. The zero-order chi connectivity index (χ0) is 15.9. The fourth-order valence-corrected chi connectivity index (χ4v) is 3.35. The number of carbonyl (C=O) groups is 1. The summed E-state index contributed by atoms with van der Waals surface area (Å²) in [6.07, 6.45) is 21.0. The van der Waals surface area contributed by atoms with Gasteiger partial charge in [-0.3, -0.25) is 4.79 Å². The number of cyclic esters (lactones) is 1. The number of carbonyl (C=O) groups excluding carboxylic acids is 1. The van der Waals surface area contributed by atoms with Gasteiger partial charge in [0.15, 0.2) is 0 Å². The van der Waals surface area contributed by atoms with Crippen molar-refractivity contribution in [3.8, 4) is 0 Å². The fraction of sp³-hybridized carbons (Fsp3) is 0.950. The van der Waals surface area contributed by atoms with Crippen molar-refractivity contribution >= 4 is 5.97 Å². The molecule has 0 aromatic heterocycles. The molecular weight excluding hydrogens is 272 g/mol. The average molecular weight is 311 g/mol. The number of rotatable bonds is 3. The lowest BCUT2D eigenvalue weighted by atomic mass is 10.0. The van der Waals surface area contributed by atoms with E-state index in [9.17, 15) is 4.79 Å². The Balaban J connectivity index is 2.33. The first-order valence-electron chi connectivity index (χ1n) is 10.0. The summed E-state index contributed by atoms with van der Waals surface area (Å²) in [4.78, 5) is 12.0. The van der Waals surface area contributed by atoms with Crippen molar-refractivity contribution in [2.45, 2.75) is 122 Å². The van der Waals surface area contributed by atoms with Gasteiger partial charge >= 0.3 is 5.97 Å². The second-order valence-electron chi connectivity index (χ2n) is 7.04. The van der Waals surface area contributed by atoms with E-state index in [4.69, 9.17) is 4.74 Å². The molecule has 22 heavy (non-hydrogen) atoms. The van der Waals surface area contributed by atoms with Crippen molar-refractivity contribution in [3.05, 3.63) is 0 Å². The Morgan fingerprint density at radius 2 is 1.32 bits per heavy atom. The van der Waals surface area contributed by atoms with E-state index in [0.29, 0.717) is 6.42 Å². The Bertz CT molecular complexity index is 262. The summed E-state index contributed by atoms with van der Waals surface area (Å²) in [5, 5.41) is 0. The molecule has 1 aliphatic heterocycles. The minimum Gasteiger partial charge on any atom is -0.462 e. The van der Waals surface area contributed by atoms with Crippen molar-refractivity contribution in [1.29, 1.82) is 0 Å². The lowest BCUT2D eigenvalue weighted by molar-refractivity contribution is -0.150. The van der Waals surface area contributed by atoms with Gasteiger partial charge in [-0.1, -0.05) is 84.0 Å². The van der Waals surface area contributed by atoms with Crippen LogP contribution in [0.2, 0.25) is 0 Å². The second-order valence-corrected chi connectivity index (χ2v) is 7.04. The van der Waals surface area contributed by atoms with E-state index in [-0.39, 0.29) is 12.1 Å². The van der Waals surface area contributed by atoms with Crippen LogP contribution in [-0.2, 0) is 9.53 Å². The zero-order valence-electron chi connectivity index (χ0n) is 14.9. The van der Waals surface area contributed by atoms with Gasteiger partial charge in [0.2, 0.25) is 0 Å². The van der Waals surface area contributed by atoms with Gasteiger partial charge in [-0.25, -0.2) is 0 Å². The molecule has 0 spiro atoms. The summed E-state index contributed by atoms with van der Waals surface area (Å²) < 4.78 is 5.74. The molecule has 0 aromatic carbocycles. The molecule has 0 bridgehead atoms. The molecule has 0 radical (unpaired) electrons. The van der Waals surface area contributed by atoms with Crippen LogP contribution in [0, 0.1) is 0 Å². The van der Waals surface area contributed by atoms with Crippen LogP contribution in [0.25, 0.3) is 0 Å². The van der Waals surface area contributed by atoms with Gasteiger partial charge in [-0.15, -0.1) is 0 Å². The largest absolute Gasteiger partial charge is 0.462 e. The topological polar surface area (TPSA) is 26.3 Å². The van der Waals surface area contributed by atoms with Crippen LogP contribution in [0.1, 0.15) is 116 Å². The number of unbranched alkanes of at least 4 members (excludes halogenated alkanes) is 1. The Kier molecular flexibility index (Phi) is 12.5. The van der Waals surface area contributed by atoms with Gasteiger partial charge in [0.05, 0.1) is 0 Å². The minimum atomic E-state index is 0.0467. The molecule has 1 fully saturated rings. The zero-order valence-corrected chi connectivity index (χ0v) is 14.9. The van der Waals surface area contributed by atoms with Crippen molar-refractivity contribution in [1.82, 2.24) is 0 Å². The van der Waals surface area contributed by atoms with Crippen LogP contribution in [0.3, 0.4) is 0 Å². The quantitative estimate of drug-likeness (QED) is 0.551. The van der Waals surface area contributed by atoms with Crippen LogP contribution in [0.15, 0.2) is 0 Å². The Morgan fingerprint density at radius 1 is 0.818 bits per heavy atom. The normalized spacial score (nSPS) is 24.4.